The van der Waals surface area contributed by atoms with Crippen LogP contribution in [0.15, 0.2) is 54.6 Å². The summed E-state index contributed by atoms with van der Waals surface area (Å²) in [4.78, 5) is 3.68. The van der Waals surface area contributed by atoms with Gasteiger partial charge in [0.2, 0.25) is 5.71 Å². The van der Waals surface area contributed by atoms with Crippen LogP contribution in [0.25, 0.3) is 10.9 Å². The second-order valence-corrected chi connectivity index (χ2v) is 6.38. The molecule has 2 aliphatic rings. The topological polar surface area (TPSA) is 18.8 Å². The molecule has 0 radical (unpaired) electrons. The highest BCUT2D eigenvalue weighted by Gasteiger charge is 2.39. The summed E-state index contributed by atoms with van der Waals surface area (Å²) in [7, 11) is 0. The number of rotatable bonds is 1. The highest BCUT2D eigenvalue weighted by molar-refractivity contribution is 6.03. The van der Waals surface area contributed by atoms with E-state index in [-0.39, 0.29) is 0 Å². The van der Waals surface area contributed by atoms with Crippen molar-refractivity contribution in [3.63, 3.8) is 0 Å². The largest absolute Gasteiger partial charge is 0.350 e. The van der Waals surface area contributed by atoms with Crippen LogP contribution in [0.1, 0.15) is 35.7 Å². The molecule has 1 atom stereocenters. The van der Waals surface area contributed by atoms with Gasteiger partial charge in [0.1, 0.15) is 12.2 Å². The second-order valence-electron chi connectivity index (χ2n) is 6.38. The van der Waals surface area contributed by atoms with Crippen molar-refractivity contribution in [1.29, 1.82) is 0 Å². The summed E-state index contributed by atoms with van der Waals surface area (Å²) in [6.07, 6.45) is 3.56. The fourth-order valence-electron chi connectivity index (χ4n) is 4.28. The molecule has 108 valence electrons. The molecule has 22 heavy (non-hydrogen) atoms. The first-order chi connectivity index (χ1) is 10.9. The van der Waals surface area contributed by atoms with E-state index in [1.54, 1.807) is 0 Å². The Bertz CT molecular complexity index is 886. The number of aromatic nitrogens is 1. The van der Waals surface area contributed by atoms with Crippen LogP contribution in [-0.4, -0.2) is 21.8 Å². The molecule has 2 aliphatic heterocycles. The zero-order valence-electron chi connectivity index (χ0n) is 12.5. The van der Waals surface area contributed by atoms with Gasteiger partial charge in [0.15, 0.2) is 6.04 Å². The third kappa shape index (κ3) is 1.64. The molecule has 0 aliphatic carbocycles. The first kappa shape index (κ1) is 12.2. The fraction of sp³-hybridized carbons (Fsp3) is 0.250. The van der Waals surface area contributed by atoms with E-state index in [1.165, 1.54) is 46.3 Å². The van der Waals surface area contributed by atoms with E-state index in [9.17, 15) is 0 Å². The minimum absolute atomic E-state index is 0.552. The molecule has 1 unspecified atom stereocenters. The van der Waals surface area contributed by atoms with Crippen LogP contribution in [0, 0.1) is 0 Å². The van der Waals surface area contributed by atoms with Crippen LogP contribution in [0.2, 0.25) is 0 Å². The lowest BCUT2D eigenvalue weighted by atomic mass is 10.0. The van der Waals surface area contributed by atoms with E-state index < -0.39 is 0 Å². The maximum Gasteiger partial charge on any atom is 0.200 e. The van der Waals surface area contributed by atoms with E-state index in [0.717, 1.165) is 13.0 Å². The Hall–Kier alpha value is -2.35. The van der Waals surface area contributed by atoms with Crippen LogP contribution >= 0.6 is 0 Å². The van der Waals surface area contributed by atoms with Crippen LogP contribution < -0.4 is 0 Å². The molecule has 1 aromatic heterocycles. The molecule has 0 spiro atoms. The number of nitrogens with one attached hydrogen (secondary N) is 1. The van der Waals surface area contributed by atoms with Gasteiger partial charge < -0.3 is 4.98 Å². The number of hydrogen-bond donors (Lipinski definition) is 1. The van der Waals surface area contributed by atoms with E-state index >= 15 is 0 Å². The van der Waals surface area contributed by atoms with Gasteiger partial charge in [-0.25, -0.2) is 4.58 Å². The number of benzene rings is 2. The van der Waals surface area contributed by atoms with Gasteiger partial charge in [0.25, 0.3) is 0 Å². The summed E-state index contributed by atoms with van der Waals surface area (Å²) in [5, 5.41) is 1.41. The standard InChI is InChI=1S/C20H18N2/c1-2-6-14(7-3-1)18-10-11-19-20-16(12-13-22(18)19)15-8-4-5-9-17(15)21-20/h1-9,18H,10-13H2/p+1. The molecule has 5 rings (SSSR count). The van der Waals surface area contributed by atoms with Crippen molar-refractivity contribution in [2.45, 2.75) is 25.3 Å². The third-order valence-electron chi connectivity index (χ3n) is 5.27. The lowest BCUT2D eigenvalue weighted by Crippen LogP contribution is -2.27. The fourth-order valence-corrected chi connectivity index (χ4v) is 4.28. The van der Waals surface area contributed by atoms with Crippen molar-refractivity contribution in [2.75, 3.05) is 6.54 Å². The summed E-state index contributed by atoms with van der Waals surface area (Å²) < 4.78 is 2.63. The van der Waals surface area contributed by atoms with Crippen LogP contribution in [0.5, 0.6) is 0 Å². The van der Waals surface area contributed by atoms with Crippen LogP contribution in [0.3, 0.4) is 0 Å². The average Bonchev–Trinajstić information content (AvgIpc) is 3.16. The van der Waals surface area contributed by atoms with Crippen molar-refractivity contribution < 1.29 is 4.58 Å². The highest BCUT2D eigenvalue weighted by Crippen LogP contribution is 2.36. The molecule has 1 N–H and O–H groups in total. The second kappa shape index (κ2) is 4.57. The Morgan fingerprint density at radius 2 is 1.73 bits per heavy atom. The molecule has 0 saturated carbocycles. The Kier molecular flexibility index (Phi) is 2.54. The van der Waals surface area contributed by atoms with Gasteiger partial charge in [-0.2, -0.15) is 0 Å². The Labute approximate surface area is 130 Å². The number of hydrogen-bond acceptors (Lipinski definition) is 0. The molecule has 0 amide bonds. The Morgan fingerprint density at radius 1 is 0.909 bits per heavy atom. The predicted octanol–water partition coefficient (Wildman–Crippen LogP) is 4.06. The van der Waals surface area contributed by atoms with Gasteiger partial charge in [0.05, 0.1) is 0 Å². The average molecular weight is 287 g/mol. The van der Waals surface area contributed by atoms with Gasteiger partial charge >= 0.3 is 0 Å². The Morgan fingerprint density at radius 3 is 2.64 bits per heavy atom. The molecule has 2 heteroatoms. The molecule has 2 nitrogen and oxygen atoms in total. The summed E-state index contributed by atoms with van der Waals surface area (Å²) in [5.74, 6) is 0. The van der Waals surface area contributed by atoms with Crippen molar-refractivity contribution in [1.82, 2.24) is 4.98 Å². The molecular formula is C20H19N2+. The number of fused-ring (bicyclic) bond motifs is 4. The zero-order valence-corrected chi connectivity index (χ0v) is 12.5. The minimum Gasteiger partial charge on any atom is -0.350 e. The summed E-state index contributed by atoms with van der Waals surface area (Å²) in [5.41, 5.74) is 7.18. The zero-order chi connectivity index (χ0) is 14.5. The molecule has 0 fully saturated rings. The van der Waals surface area contributed by atoms with Crippen molar-refractivity contribution >= 4 is 16.6 Å². The predicted molar refractivity (Wildman–Crippen MR) is 89.7 cm³/mol. The summed E-state index contributed by atoms with van der Waals surface area (Å²) in [6.45, 7) is 1.14. The lowest BCUT2D eigenvalue weighted by molar-refractivity contribution is -0.565. The van der Waals surface area contributed by atoms with Gasteiger partial charge in [-0.1, -0.05) is 48.5 Å². The molecule has 2 aromatic carbocycles. The van der Waals surface area contributed by atoms with Crippen LogP contribution in [0.4, 0.5) is 0 Å². The maximum absolute atomic E-state index is 3.68. The summed E-state index contributed by atoms with van der Waals surface area (Å²) in [6, 6.07) is 20.2. The van der Waals surface area contributed by atoms with Gasteiger partial charge in [-0.3, -0.25) is 0 Å². The molecule has 0 bridgehead atoms. The van der Waals surface area contributed by atoms with Crippen molar-refractivity contribution in [3.8, 4) is 0 Å². The highest BCUT2D eigenvalue weighted by atomic mass is 15.1. The minimum atomic E-state index is 0.552. The maximum atomic E-state index is 3.68. The normalized spacial score (nSPS) is 20.3. The lowest BCUT2D eigenvalue weighted by Gasteiger charge is -2.15. The molecule has 3 aromatic rings. The number of para-hydroxylation sites is 1. The number of aromatic amines is 1. The monoisotopic (exact) mass is 287 g/mol. The number of H-pyrrole nitrogens is 1. The van der Waals surface area contributed by atoms with Gasteiger partial charge in [-0.05, 0) is 11.6 Å². The summed E-state index contributed by atoms with van der Waals surface area (Å²) >= 11 is 0. The smallest absolute Gasteiger partial charge is 0.200 e. The van der Waals surface area contributed by atoms with Gasteiger partial charge in [0, 0.05) is 35.7 Å². The van der Waals surface area contributed by atoms with Crippen LogP contribution in [-0.2, 0) is 6.42 Å². The first-order valence-corrected chi connectivity index (χ1v) is 8.19. The SMILES string of the molecule is c1ccc(C2CCC3=[N+]2CCc2c3[nH]c3ccccc23)cc1. The van der Waals surface area contributed by atoms with E-state index in [0.29, 0.717) is 6.04 Å². The number of nitrogens with zero attached hydrogens (tertiary/aromatic N) is 1. The Balaban J connectivity index is 1.67. The molecule has 0 saturated heterocycles. The van der Waals surface area contributed by atoms with Gasteiger partial charge in [-0.15, -0.1) is 0 Å². The quantitative estimate of drug-likeness (QED) is 0.651. The van der Waals surface area contributed by atoms with E-state index in [1.807, 2.05) is 0 Å². The van der Waals surface area contributed by atoms with E-state index in [2.05, 4.69) is 64.2 Å². The van der Waals surface area contributed by atoms with Crippen molar-refractivity contribution in [2.24, 2.45) is 0 Å². The van der Waals surface area contributed by atoms with Crippen molar-refractivity contribution in [3.05, 3.63) is 71.4 Å². The third-order valence-corrected chi connectivity index (χ3v) is 5.27. The van der Waals surface area contributed by atoms with E-state index in [4.69, 9.17) is 0 Å². The first-order valence-electron chi connectivity index (χ1n) is 8.19. The molecule has 3 heterocycles. The molecular weight excluding hydrogens is 268 g/mol.